The molecule has 4 rings (SSSR count). The molecule has 0 bridgehead atoms. The van der Waals surface area contributed by atoms with E-state index in [2.05, 4.69) is 25.9 Å². The summed E-state index contributed by atoms with van der Waals surface area (Å²) in [5, 5.41) is 18.6. The molecule has 32 heavy (non-hydrogen) atoms. The summed E-state index contributed by atoms with van der Waals surface area (Å²) in [7, 11) is 0. The van der Waals surface area contributed by atoms with Crippen molar-refractivity contribution in [2.24, 2.45) is 0 Å². The van der Waals surface area contributed by atoms with Gasteiger partial charge >= 0.3 is 0 Å². The Morgan fingerprint density at radius 3 is 2.19 bits per heavy atom. The predicted octanol–water partition coefficient (Wildman–Crippen LogP) is 1.41. The first-order valence-electron chi connectivity index (χ1n) is 10.2. The number of amides is 3. The number of aryl methyl sites for hydroxylation is 1. The van der Waals surface area contributed by atoms with Gasteiger partial charge in [0, 0.05) is 18.8 Å². The highest BCUT2D eigenvalue weighted by Crippen LogP contribution is 2.21. The zero-order valence-electron chi connectivity index (χ0n) is 18.0. The van der Waals surface area contributed by atoms with Gasteiger partial charge in [-0.3, -0.25) is 19.3 Å². The Morgan fingerprint density at radius 1 is 0.938 bits per heavy atom. The van der Waals surface area contributed by atoms with Crippen LogP contribution in [0, 0.1) is 20.8 Å². The van der Waals surface area contributed by atoms with Crippen LogP contribution in [0.25, 0.3) is 5.82 Å². The zero-order valence-corrected chi connectivity index (χ0v) is 18.0. The lowest BCUT2D eigenvalue weighted by molar-refractivity contribution is -0.121. The average molecular weight is 433 g/mol. The molecule has 2 N–H and O–H groups in total. The van der Waals surface area contributed by atoms with E-state index in [1.807, 2.05) is 26.8 Å². The van der Waals surface area contributed by atoms with Crippen molar-refractivity contribution in [2.45, 2.75) is 20.8 Å². The van der Waals surface area contributed by atoms with Crippen LogP contribution >= 0.6 is 0 Å². The number of rotatable bonds is 7. The van der Waals surface area contributed by atoms with Crippen LogP contribution < -0.4 is 10.6 Å². The molecule has 0 unspecified atom stereocenters. The fourth-order valence-corrected chi connectivity index (χ4v) is 3.45. The second kappa shape index (κ2) is 8.58. The molecule has 3 amide bonds. The SMILES string of the molecule is Cc1nn(-c2ccc(NCCNC(=O)CN3C(=O)c4ccccc4C3=O)nn2)c(C)c1C. The predicted molar refractivity (Wildman–Crippen MR) is 117 cm³/mol. The number of imide groups is 1. The van der Waals surface area contributed by atoms with Crippen molar-refractivity contribution in [1.29, 1.82) is 0 Å². The van der Waals surface area contributed by atoms with Crippen molar-refractivity contribution >= 4 is 23.5 Å². The lowest BCUT2D eigenvalue weighted by Gasteiger charge is -2.13. The minimum Gasteiger partial charge on any atom is -0.367 e. The standard InChI is InChI=1S/C22H23N7O3/c1-13-14(2)27-29(15(13)3)19-9-8-18(25-26-19)23-10-11-24-20(30)12-28-21(31)16-6-4-5-7-17(16)22(28)32/h4-9H,10-12H2,1-3H3,(H,23,25)(H,24,30). The third kappa shape index (κ3) is 3.94. The molecule has 1 aliphatic rings. The first kappa shape index (κ1) is 21.2. The fraction of sp³-hybridized carbons (Fsp3) is 0.273. The number of nitrogens with zero attached hydrogens (tertiary/aromatic N) is 5. The largest absolute Gasteiger partial charge is 0.367 e. The first-order chi connectivity index (χ1) is 15.4. The van der Waals surface area contributed by atoms with Gasteiger partial charge in [0.2, 0.25) is 5.91 Å². The summed E-state index contributed by atoms with van der Waals surface area (Å²) >= 11 is 0. The maximum Gasteiger partial charge on any atom is 0.262 e. The average Bonchev–Trinajstić information content (AvgIpc) is 3.20. The van der Waals surface area contributed by atoms with Crippen LogP contribution in [-0.4, -0.2) is 62.2 Å². The summed E-state index contributed by atoms with van der Waals surface area (Å²) in [4.78, 5) is 37.8. The van der Waals surface area contributed by atoms with Crippen LogP contribution in [0.5, 0.6) is 0 Å². The number of anilines is 1. The summed E-state index contributed by atoms with van der Waals surface area (Å²) in [6.07, 6.45) is 0. The van der Waals surface area contributed by atoms with Gasteiger partial charge in [0.25, 0.3) is 11.8 Å². The third-order valence-corrected chi connectivity index (χ3v) is 5.45. The molecule has 0 spiro atoms. The van der Waals surface area contributed by atoms with E-state index in [-0.39, 0.29) is 6.54 Å². The van der Waals surface area contributed by atoms with E-state index in [0.29, 0.717) is 35.9 Å². The maximum absolute atomic E-state index is 12.3. The van der Waals surface area contributed by atoms with Crippen LogP contribution in [0.4, 0.5) is 5.82 Å². The lowest BCUT2D eigenvalue weighted by atomic mass is 10.1. The topological polar surface area (TPSA) is 122 Å². The van der Waals surface area contributed by atoms with Crippen molar-refractivity contribution < 1.29 is 14.4 Å². The molecule has 1 aromatic carbocycles. The van der Waals surface area contributed by atoms with Crippen molar-refractivity contribution in [2.75, 3.05) is 25.0 Å². The molecule has 10 nitrogen and oxygen atoms in total. The van der Waals surface area contributed by atoms with E-state index >= 15 is 0 Å². The molecule has 164 valence electrons. The van der Waals surface area contributed by atoms with E-state index in [4.69, 9.17) is 0 Å². The van der Waals surface area contributed by atoms with Gasteiger partial charge in [-0.25, -0.2) is 4.68 Å². The smallest absolute Gasteiger partial charge is 0.262 e. The summed E-state index contributed by atoms with van der Waals surface area (Å²) in [6, 6.07) is 10.1. The Kier molecular flexibility index (Phi) is 5.67. The van der Waals surface area contributed by atoms with Gasteiger partial charge in [-0.2, -0.15) is 5.10 Å². The number of nitrogens with one attached hydrogen (secondary N) is 2. The molecule has 0 fully saturated rings. The highest BCUT2D eigenvalue weighted by molar-refractivity contribution is 6.22. The number of hydrogen-bond acceptors (Lipinski definition) is 7. The van der Waals surface area contributed by atoms with Crippen molar-refractivity contribution in [1.82, 2.24) is 30.2 Å². The molecule has 1 aliphatic heterocycles. The Morgan fingerprint density at radius 2 is 1.62 bits per heavy atom. The number of hydrogen-bond donors (Lipinski definition) is 2. The molecule has 0 saturated carbocycles. The summed E-state index contributed by atoms with van der Waals surface area (Å²) in [5.41, 5.74) is 3.72. The Labute approximate surface area is 184 Å². The highest BCUT2D eigenvalue weighted by atomic mass is 16.2. The van der Waals surface area contributed by atoms with Gasteiger partial charge in [0.05, 0.1) is 16.8 Å². The van der Waals surface area contributed by atoms with Crippen LogP contribution in [0.15, 0.2) is 36.4 Å². The molecular weight excluding hydrogens is 410 g/mol. The molecule has 2 aromatic heterocycles. The van der Waals surface area contributed by atoms with Crippen LogP contribution in [-0.2, 0) is 4.79 Å². The number of benzene rings is 1. The normalized spacial score (nSPS) is 12.8. The summed E-state index contributed by atoms with van der Waals surface area (Å²) in [5.74, 6) is -0.137. The van der Waals surface area contributed by atoms with Crippen LogP contribution in [0.3, 0.4) is 0 Å². The number of fused-ring (bicyclic) bond motifs is 1. The highest BCUT2D eigenvalue weighted by Gasteiger charge is 2.36. The van der Waals surface area contributed by atoms with Crippen LogP contribution in [0.1, 0.15) is 37.7 Å². The van der Waals surface area contributed by atoms with Crippen molar-refractivity contribution in [3.63, 3.8) is 0 Å². The molecule has 3 aromatic rings. The van der Waals surface area contributed by atoms with E-state index in [0.717, 1.165) is 21.9 Å². The summed E-state index contributed by atoms with van der Waals surface area (Å²) in [6.45, 7) is 6.32. The summed E-state index contributed by atoms with van der Waals surface area (Å²) < 4.78 is 1.75. The fourth-order valence-electron chi connectivity index (χ4n) is 3.45. The molecule has 10 heteroatoms. The third-order valence-electron chi connectivity index (χ3n) is 5.45. The van der Waals surface area contributed by atoms with Crippen molar-refractivity contribution in [3.05, 3.63) is 64.5 Å². The van der Waals surface area contributed by atoms with Crippen molar-refractivity contribution in [3.8, 4) is 5.82 Å². The second-order valence-corrected chi connectivity index (χ2v) is 7.50. The van der Waals surface area contributed by atoms with Gasteiger partial charge in [0.1, 0.15) is 12.4 Å². The second-order valence-electron chi connectivity index (χ2n) is 7.50. The molecule has 0 radical (unpaired) electrons. The number of aromatic nitrogens is 4. The minimum atomic E-state index is -0.452. The van der Waals surface area contributed by atoms with Gasteiger partial charge in [-0.05, 0) is 50.6 Å². The van der Waals surface area contributed by atoms with Gasteiger partial charge < -0.3 is 10.6 Å². The molecular formula is C22H23N7O3. The maximum atomic E-state index is 12.3. The molecule has 0 aliphatic carbocycles. The van der Waals surface area contributed by atoms with E-state index in [1.165, 1.54) is 0 Å². The first-order valence-corrected chi connectivity index (χ1v) is 10.2. The lowest BCUT2D eigenvalue weighted by Crippen LogP contribution is -2.41. The molecule has 0 atom stereocenters. The Balaban J connectivity index is 1.25. The van der Waals surface area contributed by atoms with E-state index in [1.54, 1.807) is 35.0 Å². The molecule has 3 heterocycles. The van der Waals surface area contributed by atoms with Gasteiger partial charge in [0.15, 0.2) is 5.82 Å². The minimum absolute atomic E-state index is 0.294. The number of carbonyl (C=O) groups is 3. The quantitative estimate of drug-likeness (QED) is 0.427. The Bertz CT molecular complexity index is 1170. The number of carbonyl (C=O) groups excluding carboxylic acids is 3. The van der Waals surface area contributed by atoms with Gasteiger partial charge in [-0.1, -0.05) is 12.1 Å². The van der Waals surface area contributed by atoms with E-state index in [9.17, 15) is 14.4 Å². The van der Waals surface area contributed by atoms with E-state index < -0.39 is 17.7 Å². The molecule has 0 saturated heterocycles. The monoisotopic (exact) mass is 433 g/mol. The van der Waals surface area contributed by atoms with Gasteiger partial charge in [-0.15, -0.1) is 10.2 Å². The zero-order chi connectivity index (χ0) is 22.8. The van der Waals surface area contributed by atoms with Crippen LogP contribution in [0.2, 0.25) is 0 Å². The Hall–Kier alpha value is -4.08.